The zero-order valence-corrected chi connectivity index (χ0v) is 12.3. The molecule has 0 radical (unpaired) electrons. The fourth-order valence-electron chi connectivity index (χ4n) is 2.43. The summed E-state index contributed by atoms with van der Waals surface area (Å²) in [6.45, 7) is 0.514. The summed E-state index contributed by atoms with van der Waals surface area (Å²) in [5.74, 6) is -1.17. The van der Waals surface area contributed by atoms with Crippen molar-refractivity contribution in [3.8, 4) is 0 Å². The molecule has 5 nitrogen and oxygen atoms in total. The fraction of sp³-hybridized carbons (Fsp3) is 0.375. The Hall–Kier alpha value is -2.30. The lowest BCUT2D eigenvalue weighted by Gasteiger charge is -2.19. The molecule has 21 heavy (non-hydrogen) atoms. The second kappa shape index (κ2) is 6.43. The van der Waals surface area contributed by atoms with Crippen LogP contribution in [-0.2, 0) is 9.59 Å². The lowest BCUT2D eigenvalue weighted by Crippen LogP contribution is -2.39. The van der Waals surface area contributed by atoms with E-state index in [4.69, 9.17) is 5.11 Å². The molecule has 2 rings (SSSR count). The Kier molecular flexibility index (Phi) is 4.62. The Morgan fingerprint density at radius 2 is 1.95 bits per heavy atom. The van der Waals surface area contributed by atoms with Gasteiger partial charge in [0.25, 0.3) is 0 Å². The van der Waals surface area contributed by atoms with Crippen molar-refractivity contribution in [1.29, 1.82) is 0 Å². The summed E-state index contributed by atoms with van der Waals surface area (Å²) in [6.07, 6.45) is 4.45. The number of rotatable bonds is 4. The zero-order valence-electron chi connectivity index (χ0n) is 12.3. The molecule has 1 saturated heterocycles. The summed E-state index contributed by atoms with van der Waals surface area (Å²) in [6, 6.07) is 7.12. The van der Waals surface area contributed by atoms with Gasteiger partial charge in [0.2, 0.25) is 5.91 Å². The molecule has 1 amide bonds. The van der Waals surface area contributed by atoms with E-state index >= 15 is 0 Å². The molecule has 0 saturated carbocycles. The highest BCUT2D eigenvalue weighted by Gasteiger charge is 2.32. The predicted octanol–water partition coefficient (Wildman–Crippen LogP) is 1.84. The average Bonchev–Trinajstić information content (AvgIpc) is 2.95. The van der Waals surface area contributed by atoms with E-state index in [1.54, 1.807) is 6.08 Å². The van der Waals surface area contributed by atoms with Crippen molar-refractivity contribution < 1.29 is 14.7 Å². The molecule has 0 bridgehead atoms. The number of carboxylic acids is 1. The third kappa shape index (κ3) is 3.62. The Balaban J connectivity index is 2.03. The summed E-state index contributed by atoms with van der Waals surface area (Å²) in [4.78, 5) is 26.6. The standard InChI is InChI=1S/C16H20N2O3/c1-17(2)13-8-5-12(6-9-13)7-10-15(19)18-11-3-4-14(18)16(20)21/h5-10,14H,3-4,11H2,1-2H3,(H,20,21)/t14-/m1/s1. The molecule has 1 aromatic rings. The van der Waals surface area contributed by atoms with Crippen LogP contribution in [0.25, 0.3) is 6.08 Å². The van der Waals surface area contributed by atoms with Crippen molar-refractivity contribution in [2.75, 3.05) is 25.5 Å². The molecule has 1 heterocycles. The van der Waals surface area contributed by atoms with Gasteiger partial charge in [0, 0.05) is 32.4 Å². The summed E-state index contributed by atoms with van der Waals surface area (Å²) in [7, 11) is 3.93. The van der Waals surface area contributed by atoms with Crippen molar-refractivity contribution in [2.24, 2.45) is 0 Å². The van der Waals surface area contributed by atoms with E-state index in [0.717, 1.165) is 17.7 Å². The topological polar surface area (TPSA) is 60.9 Å². The van der Waals surface area contributed by atoms with E-state index < -0.39 is 12.0 Å². The maximum absolute atomic E-state index is 12.1. The van der Waals surface area contributed by atoms with Gasteiger partial charge in [0.1, 0.15) is 6.04 Å². The second-order valence-corrected chi connectivity index (χ2v) is 5.35. The molecule has 1 aliphatic rings. The van der Waals surface area contributed by atoms with Crippen LogP contribution < -0.4 is 4.90 Å². The SMILES string of the molecule is CN(C)c1ccc(C=CC(=O)N2CCC[C@@H]2C(=O)O)cc1. The Labute approximate surface area is 124 Å². The van der Waals surface area contributed by atoms with Crippen LogP contribution in [0.4, 0.5) is 5.69 Å². The van der Waals surface area contributed by atoms with Crippen LogP contribution in [0.2, 0.25) is 0 Å². The maximum Gasteiger partial charge on any atom is 0.326 e. The van der Waals surface area contributed by atoms with Gasteiger partial charge in [-0.05, 0) is 36.6 Å². The Morgan fingerprint density at radius 3 is 2.52 bits per heavy atom. The first-order chi connectivity index (χ1) is 9.99. The van der Waals surface area contributed by atoms with Crippen molar-refractivity contribution in [2.45, 2.75) is 18.9 Å². The molecule has 1 aromatic carbocycles. The first kappa shape index (κ1) is 15.1. The smallest absolute Gasteiger partial charge is 0.326 e. The number of aliphatic carboxylic acids is 1. The molecule has 0 aromatic heterocycles. The number of benzene rings is 1. The van der Waals surface area contributed by atoms with Crippen LogP contribution in [0.3, 0.4) is 0 Å². The number of anilines is 1. The Morgan fingerprint density at radius 1 is 1.29 bits per heavy atom. The van der Waals surface area contributed by atoms with Crippen LogP contribution in [0, 0.1) is 0 Å². The second-order valence-electron chi connectivity index (χ2n) is 5.35. The number of hydrogen-bond acceptors (Lipinski definition) is 3. The number of carboxylic acid groups (broad SMARTS) is 1. The molecule has 112 valence electrons. The fourth-order valence-corrected chi connectivity index (χ4v) is 2.43. The normalized spacial score (nSPS) is 18.2. The van der Waals surface area contributed by atoms with Gasteiger partial charge in [-0.25, -0.2) is 4.79 Å². The van der Waals surface area contributed by atoms with Crippen LogP contribution in [0.5, 0.6) is 0 Å². The predicted molar refractivity (Wildman–Crippen MR) is 82.2 cm³/mol. The van der Waals surface area contributed by atoms with E-state index in [2.05, 4.69) is 0 Å². The minimum absolute atomic E-state index is 0.239. The Bertz CT molecular complexity index is 549. The molecule has 5 heteroatoms. The van der Waals surface area contributed by atoms with Gasteiger partial charge in [0.05, 0.1) is 0 Å². The van der Waals surface area contributed by atoms with Crippen LogP contribution in [-0.4, -0.2) is 48.6 Å². The molecule has 0 aliphatic carbocycles. The molecule has 0 spiro atoms. The quantitative estimate of drug-likeness (QED) is 0.859. The summed E-state index contributed by atoms with van der Waals surface area (Å²) in [5, 5.41) is 9.08. The summed E-state index contributed by atoms with van der Waals surface area (Å²) >= 11 is 0. The van der Waals surface area contributed by atoms with E-state index in [1.807, 2.05) is 43.3 Å². The lowest BCUT2D eigenvalue weighted by molar-refractivity contribution is -0.146. The first-order valence-corrected chi connectivity index (χ1v) is 6.98. The number of nitrogens with zero attached hydrogens (tertiary/aromatic N) is 2. The highest BCUT2D eigenvalue weighted by atomic mass is 16.4. The van der Waals surface area contributed by atoms with Crippen molar-refractivity contribution in [3.05, 3.63) is 35.9 Å². The number of carbonyl (C=O) groups is 2. The van der Waals surface area contributed by atoms with Crippen molar-refractivity contribution in [1.82, 2.24) is 4.90 Å². The monoisotopic (exact) mass is 288 g/mol. The third-order valence-corrected chi connectivity index (χ3v) is 3.65. The zero-order chi connectivity index (χ0) is 15.4. The van der Waals surface area contributed by atoms with Crippen molar-refractivity contribution in [3.63, 3.8) is 0 Å². The average molecular weight is 288 g/mol. The molecule has 1 atom stereocenters. The van der Waals surface area contributed by atoms with E-state index in [-0.39, 0.29) is 5.91 Å². The minimum Gasteiger partial charge on any atom is -0.480 e. The molecule has 1 aliphatic heterocycles. The third-order valence-electron chi connectivity index (χ3n) is 3.65. The van der Waals surface area contributed by atoms with Gasteiger partial charge < -0.3 is 14.9 Å². The highest BCUT2D eigenvalue weighted by molar-refractivity contribution is 5.94. The number of amides is 1. The largest absolute Gasteiger partial charge is 0.480 e. The summed E-state index contributed by atoms with van der Waals surface area (Å²) < 4.78 is 0. The molecule has 1 fully saturated rings. The van der Waals surface area contributed by atoms with E-state index in [9.17, 15) is 9.59 Å². The van der Waals surface area contributed by atoms with Gasteiger partial charge in [-0.2, -0.15) is 0 Å². The van der Waals surface area contributed by atoms with Gasteiger partial charge in [-0.3, -0.25) is 4.79 Å². The van der Waals surface area contributed by atoms with Gasteiger partial charge in [-0.15, -0.1) is 0 Å². The van der Waals surface area contributed by atoms with Gasteiger partial charge >= 0.3 is 5.97 Å². The molecular weight excluding hydrogens is 268 g/mol. The van der Waals surface area contributed by atoms with Crippen LogP contribution in [0.15, 0.2) is 30.3 Å². The van der Waals surface area contributed by atoms with E-state index in [0.29, 0.717) is 13.0 Å². The van der Waals surface area contributed by atoms with Gasteiger partial charge in [-0.1, -0.05) is 12.1 Å². The van der Waals surface area contributed by atoms with Crippen LogP contribution in [0.1, 0.15) is 18.4 Å². The van der Waals surface area contributed by atoms with Crippen molar-refractivity contribution >= 4 is 23.6 Å². The number of carbonyl (C=O) groups excluding carboxylic acids is 1. The van der Waals surface area contributed by atoms with Gasteiger partial charge in [0.15, 0.2) is 0 Å². The highest BCUT2D eigenvalue weighted by Crippen LogP contribution is 2.18. The maximum atomic E-state index is 12.1. The summed E-state index contributed by atoms with van der Waals surface area (Å²) in [5.41, 5.74) is 2.00. The number of likely N-dealkylation sites (tertiary alicyclic amines) is 1. The molecular formula is C16H20N2O3. The molecule has 1 N–H and O–H groups in total. The number of hydrogen-bond donors (Lipinski definition) is 1. The minimum atomic E-state index is -0.926. The molecule has 0 unspecified atom stereocenters. The lowest BCUT2D eigenvalue weighted by atomic mass is 10.2. The van der Waals surface area contributed by atoms with E-state index in [1.165, 1.54) is 11.0 Å². The first-order valence-electron chi connectivity index (χ1n) is 6.98. The van der Waals surface area contributed by atoms with Crippen LogP contribution >= 0.6 is 0 Å².